The number of hydrogen-bond donors (Lipinski definition) is 0. The van der Waals surface area contributed by atoms with Crippen LogP contribution in [0.15, 0.2) is 0 Å². The lowest BCUT2D eigenvalue weighted by molar-refractivity contribution is 0.295. The van der Waals surface area contributed by atoms with Gasteiger partial charge in [-0.15, -0.1) is 23.2 Å². The summed E-state index contributed by atoms with van der Waals surface area (Å²) >= 11 is 11.4. The minimum Gasteiger partial charge on any atom is -0.126 e. The van der Waals surface area contributed by atoms with Crippen LogP contribution in [0.4, 0.5) is 0 Å². The zero-order valence-corrected chi connectivity index (χ0v) is 7.76. The van der Waals surface area contributed by atoms with Crippen LogP contribution >= 0.6 is 23.2 Å². The van der Waals surface area contributed by atoms with Gasteiger partial charge in [-0.05, 0) is 11.3 Å². The van der Waals surface area contributed by atoms with Gasteiger partial charge in [-0.2, -0.15) is 0 Å². The molecule has 0 amide bonds. The van der Waals surface area contributed by atoms with Gasteiger partial charge in [0.25, 0.3) is 0 Å². The molecule has 0 aromatic carbocycles. The normalized spacial score (nSPS) is 12.7. The molecule has 0 saturated heterocycles. The SMILES string of the molecule is CC(C)C(C)(CCl)CCl. The first-order valence-corrected chi connectivity index (χ1v) is 4.25. The van der Waals surface area contributed by atoms with Gasteiger partial charge in [0.15, 0.2) is 0 Å². The third kappa shape index (κ3) is 2.35. The summed E-state index contributed by atoms with van der Waals surface area (Å²) in [4.78, 5) is 0. The van der Waals surface area contributed by atoms with Crippen molar-refractivity contribution in [3.63, 3.8) is 0 Å². The summed E-state index contributed by atoms with van der Waals surface area (Å²) in [6.45, 7) is 6.40. The van der Waals surface area contributed by atoms with E-state index in [-0.39, 0.29) is 5.41 Å². The summed E-state index contributed by atoms with van der Waals surface area (Å²) in [5, 5.41) is 0. The van der Waals surface area contributed by atoms with Crippen molar-refractivity contribution in [1.82, 2.24) is 0 Å². The van der Waals surface area contributed by atoms with Gasteiger partial charge in [-0.25, -0.2) is 0 Å². The van der Waals surface area contributed by atoms with E-state index >= 15 is 0 Å². The summed E-state index contributed by atoms with van der Waals surface area (Å²) in [6, 6.07) is 0. The quantitative estimate of drug-likeness (QED) is 0.569. The van der Waals surface area contributed by atoms with Gasteiger partial charge >= 0.3 is 0 Å². The van der Waals surface area contributed by atoms with Crippen molar-refractivity contribution in [2.45, 2.75) is 20.8 Å². The lowest BCUT2D eigenvalue weighted by Gasteiger charge is -2.28. The molecule has 0 atom stereocenters. The minimum absolute atomic E-state index is 0.114. The first-order valence-electron chi connectivity index (χ1n) is 3.19. The summed E-state index contributed by atoms with van der Waals surface area (Å²) in [6.07, 6.45) is 0. The standard InChI is InChI=1S/C7H14Cl2/c1-6(2)7(3,4-8)5-9/h6H,4-5H2,1-3H3. The summed E-state index contributed by atoms with van der Waals surface area (Å²) in [5.41, 5.74) is 0.114. The maximum Gasteiger partial charge on any atom is 0.0291 e. The largest absolute Gasteiger partial charge is 0.126 e. The zero-order chi connectivity index (χ0) is 7.49. The van der Waals surface area contributed by atoms with Crippen LogP contribution in [0, 0.1) is 11.3 Å². The molecule has 0 saturated carbocycles. The van der Waals surface area contributed by atoms with Gasteiger partial charge in [0.1, 0.15) is 0 Å². The predicted octanol–water partition coefficient (Wildman–Crippen LogP) is 3.13. The molecule has 0 aliphatic carbocycles. The molecule has 0 bridgehead atoms. The van der Waals surface area contributed by atoms with E-state index in [9.17, 15) is 0 Å². The average Bonchev–Trinajstić information content (AvgIpc) is 1.86. The maximum atomic E-state index is 5.72. The number of hydrogen-bond acceptors (Lipinski definition) is 0. The van der Waals surface area contributed by atoms with Gasteiger partial charge < -0.3 is 0 Å². The van der Waals surface area contributed by atoms with E-state index in [1.807, 2.05) is 0 Å². The molecule has 0 aromatic rings. The van der Waals surface area contributed by atoms with Crippen molar-refractivity contribution in [2.75, 3.05) is 11.8 Å². The minimum atomic E-state index is 0.114. The van der Waals surface area contributed by atoms with Gasteiger partial charge in [-0.3, -0.25) is 0 Å². The smallest absolute Gasteiger partial charge is 0.0291 e. The van der Waals surface area contributed by atoms with Crippen LogP contribution in [0.5, 0.6) is 0 Å². The Morgan fingerprint density at radius 2 is 1.56 bits per heavy atom. The Morgan fingerprint density at radius 1 is 1.22 bits per heavy atom. The fraction of sp³-hybridized carbons (Fsp3) is 1.00. The molecule has 0 aromatic heterocycles. The van der Waals surface area contributed by atoms with E-state index in [1.165, 1.54) is 0 Å². The van der Waals surface area contributed by atoms with Crippen molar-refractivity contribution in [3.05, 3.63) is 0 Å². The Balaban J connectivity index is 3.92. The Bertz CT molecular complexity index is 75.0. The second-order valence-corrected chi connectivity index (χ2v) is 3.61. The second-order valence-electron chi connectivity index (χ2n) is 3.08. The molecule has 0 spiro atoms. The van der Waals surface area contributed by atoms with Crippen molar-refractivity contribution < 1.29 is 0 Å². The van der Waals surface area contributed by atoms with Crippen LogP contribution in [0.1, 0.15) is 20.8 Å². The van der Waals surface area contributed by atoms with E-state index in [1.54, 1.807) is 0 Å². The second kappa shape index (κ2) is 3.68. The van der Waals surface area contributed by atoms with Crippen LogP contribution in [-0.4, -0.2) is 11.8 Å². The molecule has 0 heterocycles. The Labute approximate surface area is 67.5 Å². The first-order chi connectivity index (χ1) is 4.06. The van der Waals surface area contributed by atoms with Crippen LogP contribution in [0.25, 0.3) is 0 Å². The molecule has 0 fully saturated rings. The van der Waals surface area contributed by atoms with Gasteiger partial charge in [0.2, 0.25) is 0 Å². The van der Waals surface area contributed by atoms with E-state index in [4.69, 9.17) is 23.2 Å². The molecular formula is C7H14Cl2. The van der Waals surface area contributed by atoms with Gasteiger partial charge in [0, 0.05) is 11.8 Å². The molecule has 0 aliphatic heterocycles. The highest BCUT2D eigenvalue weighted by Crippen LogP contribution is 2.29. The van der Waals surface area contributed by atoms with Crippen LogP contribution in [0.3, 0.4) is 0 Å². The number of alkyl halides is 2. The highest BCUT2D eigenvalue weighted by molar-refractivity contribution is 6.21. The molecule has 2 heteroatoms. The third-order valence-electron chi connectivity index (χ3n) is 2.00. The van der Waals surface area contributed by atoms with Crippen molar-refractivity contribution in [2.24, 2.45) is 11.3 Å². The topological polar surface area (TPSA) is 0 Å². The van der Waals surface area contributed by atoms with E-state index in [0.29, 0.717) is 17.7 Å². The number of halogens is 2. The monoisotopic (exact) mass is 168 g/mol. The molecule has 0 N–H and O–H groups in total. The molecular weight excluding hydrogens is 155 g/mol. The number of rotatable bonds is 3. The summed E-state index contributed by atoms with van der Waals surface area (Å²) < 4.78 is 0. The van der Waals surface area contributed by atoms with Crippen LogP contribution in [0.2, 0.25) is 0 Å². The summed E-state index contributed by atoms with van der Waals surface area (Å²) in [5.74, 6) is 1.86. The van der Waals surface area contributed by atoms with E-state index in [0.717, 1.165) is 0 Å². The molecule has 0 radical (unpaired) electrons. The van der Waals surface area contributed by atoms with Crippen molar-refractivity contribution in [3.8, 4) is 0 Å². The van der Waals surface area contributed by atoms with Crippen molar-refractivity contribution in [1.29, 1.82) is 0 Å². The molecule has 0 unspecified atom stereocenters. The van der Waals surface area contributed by atoms with Crippen LogP contribution < -0.4 is 0 Å². The first kappa shape index (κ1) is 9.58. The molecule has 0 rings (SSSR count). The molecule has 0 nitrogen and oxygen atoms in total. The fourth-order valence-electron chi connectivity index (χ4n) is 0.344. The molecule has 9 heavy (non-hydrogen) atoms. The van der Waals surface area contributed by atoms with E-state index < -0.39 is 0 Å². The Hall–Kier alpha value is 0.580. The Morgan fingerprint density at radius 3 is 1.56 bits per heavy atom. The third-order valence-corrected chi connectivity index (χ3v) is 3.23. The average molecular weight is 169 g/mol. The lowest BCUT2D eigenvalue weighted by Crippen LogP contribution is -2.27. The Kier molecular flexibility index (Phi) is 3.91. The summed E-state index contributed by atoms with van der Waals surface area (Å²) in [7, 11) is 0. The molecule has 56 valence electrons. The maximum absolute atomic E-state index is 5.72. The van der Waals surface area contributed by atoms with Gasteiger partial charge in [-0.1, -0.05) is 20.8 Å². The highest BCUT2D eigenvalue weighted by atomic mass is 35.5. The predicted molar refractivity (Wildman–Crippen MR) is 44.4 cm³/mol. The molecule has 0 aliphatic rings. The van der Waals surface area contributed by atoms with Crippen LogP contribution in [-0.2, 0) is 0 Å². The fourth-order valence-corrected chi connectivity index (χ4v) is 1.25. The van der Waals surface area contributed by atoms with Crippen molar-refractivity contribution >= 4 is 23.2 Å². The highest BCUT2D eigenvalue weighted by Gasteiger charge is 2.25. The van der Waals surface area contributed by atoms with Gasteiger partial charge in [0.05, 0.1) is 0 Å². The zero-order valence-electron chi connectivity index (χ0n) is 6.25. The van der Waals surface area contributed by atoms with E-state index in [2.05, 4.69) is 20.8 Å². The lowest BCUT2D eigenvalue weighted by atomic mass is 9.83.